The van der Waals surface area contributed by atoms with Gasteiger partial charge >= 0.3 is 6.09 Å². The molecule has 0 aromatic carbocycles. The van der Waals surface area contributed by atoms with Gasteiger partial charge in [0.25, 0.3) is 6.47 Å². The van der Waals surface area contributed by atoms with Gasteiger partial charge in [0.15, 0.2) is 6.23 Å². The van der Waals surface area contributed by atoms with Crippen molar-refractivity contribution in [3.63, 3.8) is 0 Å². The van der Waals surface area contributed by atoms with Gasteiger partial charge in [0, 0.05) is 12.5 Å². The van der Waals surface area contributed by atoms with Crippen LogP contribution in [0.15, 0.2) is 0 Å². The molecule has 0 aromatic rings. The fraction of sp³-hybridized carbons (Fsp3) is 0.846. The number of rotatable bonds is 2. The summed E-state index contributed by atoms with van der Waals surface area (Å²) in [5.74, 6) is 0.727. The number of carbonyl (C=O) groups is 2. The van der Waals surface area contributed by atoms with Crippen LogP contribution >= 0.6 is 0 Å². The van der Waals surface area contributed by atoms with Crippen molar-refractivity contribution >= 4 is 12.6 Å². The van der Waals surface area contributed by atoms with E-state index in [0.717, 1.165) is 19.3 Å². The molecule has 102 valence electrons. The van der Waals surface area contributed by atoms with E-state index in [2.05, 4.69) is 0 Å². The summed E-state index contributed by atoms with van der Waals surface area (Å²) in [7, 11) is 0. The molecule has 1 heterocycles. The third kappa shape index (κ3) is 2.60. The fourth-order valence-corrected chi connectivity index (χ4v) is 2.99. The molecule has 0 spiro atoms. The minimum Gasteiger partial charge on any atom is -0.444 e. The summed E-state index contributed by atoms with van der Waals surface area (Å²) >= 11 is 0. The van der Waals surface area contributed by atoms with Crippen molar-refractivity contribution in [1.29, 1.82) is 0 Å². The Labute approximate surface area is 107 Å². The Hall–Kier alpha value is -1.26. The van der Waals surface area contributed by atoms with Crippen LogP contribution < -0.4 is 0 Å². The molecule has 0 N–H and O–H groups in total. The molecular weight excluding hydrogens is 234 g/mol. The van der Waals surface area contributed by atoms with E-state index in [1.54, 1.807) is 4.90 Å². The first kappa shape index (κ1) is 13.2. The highest BCUT2D eigenvalue weighted by atomic mass is 16.6. The molecule has 0 aromatic heterocycles. The number of likely N-dealkylation sites (tertiary alicyclic amines) is 1. The van der Waals surface area contributed by atoms with Crippen LogP contribution in [0.4, 0.5) is 4.79 Å². The molecule has 0 radical (unpaired) electrons. The second-order valence-electron chi connectivity index (χ2n) is 6.11. The van der Waals surface area contributed by atoms with Gasteiger partial charge in [0.05, 0.1) is 0 Å². The van der Waals surface area contributed by atoms with E-state index in [0.29, 0.717) is 18.9 Å². The fourth-order valence-electron chi connectivity index (χ4n) is 2.99. The summed E-state index contributed by atoms with van der Waals surface area (Å²) in [5.41, 5.74) is -0.527. The first-order valence-corrected chi connectivity index (χ1v) is 6.51. The Morgan fingerprint density at radius 3 is 2.67 bits per heavy atom. The van der Waals surface area contributed by atoms with Gasteiger partial charge in [-0.2, -0.15) is 0 Å². The van der Waals surface area contributed by atoms with Crippen LogP contribution in [0.1, 0.15) is 40.0 Å². The predicted molar refractivity (Wildman–Crippen MR) is 64.7 cm³/mol. The average Bonchev–Trinajstić information content (AvgIpc) is 2.78. The van der Waals surface area contributed by atoms with Gasteiger partial charge in [-0.1, -0.05) is 6.42 Å². The van der Waals surface area contributed by atoms with Gasteiger partial charge in [0.2, 0.25) is 0 Å². The largest absolute Gasteiger partial charge is 0.444 e. The van der Waals surface area contributed by atoms with Crippen LogP contribution in [0.2, 0.25) is 0 Å². The maximum Gasteiger partial charge on any atom is 0.413 e. The van der Waals surface area contributed by atoms with Crippen LogP contribution in [-0.2, 0) is 14.3 Å². The summed E-state index contributed by atoms with van der Waals surface area (Å²) in [6.07, 6.45) is 2.44. The molecular formula is C13H21NO4. The summed E-state index contributed by atoms with van der Waals surface area (Å²) in [4.78, 5) is 24.3. The maximum absolute atomic E-state index is 12.1. The van der Waals surface area contributed by atoms with E-state index in [1.165, 1.54) is 0 Å². The summed E-state index contributed by atoms with van der Waals surface area (Å²) in [6, 6.07) is 0. The molecule has 5 heteroatoms. The van der Waals surface area contributed by atoms with Crippen LogP contribution in [0.5, 0.6) is 0 Å². The topological polar surface area (TPSA) is 55.8 Å². The predicted octanol–water partition coefficient (Wildman–Crippen LogP) is 2.15. The lowest BCUT2D eigenvalue weighted by molar-refractivity contribution is -0.143. The number of nitrogens with zero attached hydrogens (tertiary/aromatic N) is 1. The Kier molecular flexibility index (Phi) is 3.50. The van der Waals surface area contributed by atoms with E-state index in [1.807, 2.05) is 20.8 Å². The molecule has 2 fully saturated rings. The van der Waals surface area contributed by atoms with Gasteiger partial charge in [-0.25, -0.2) is 4.79 Å². The second kappa shape index (κ2) is 4.78. The van der Waals surface area contributed by atoms with Crippen LogP contribution in [0.25, 0.3) is 0 Å². The normalized spacial score (nSPS) is 31.1. The molecule has 1 aliphatic heterocycles. The molecule has 1 aliphatic carbocycles. The number of fused-ring (bicyclic) bond motifs is 1. The summed E-state index contributed by atoms with van der Waals surface area (Å²) < 4.78 is 10.5. The average molecular weight is 255 g/mol. The molecule has 18 heavy (non-hydrogen) atoms. The second-order valence-corrected chi connectivity index (χ2v) is 6.11. The number of carbonyl (C=O) groups excluding carboxylic acids is 2. The smallest absolute Gasteiger partial charge is 0.413 e. The van der Waals surface area contributed by atoms with Crippen LogP contribution in [0.3, 0.4) is 0 Å². The first-order chi connectivity index (χ1) is 8.42. The quantitative estimate of drug-likeness (QED) is 0.709. The van der Waals surface area contributed by atoms with E-state index in [-0.39, 0.29) is 12.0 Å². The molecule has 5 nitrogen and oxygen atoms in total. The van der Waals surface area contributed by atoms with Crippen molar-refractivity contribution in [3.8, 4) is 0 Å². The zero-order valence-electron chi connectivity index (χ0n) is 11.2. The highest BCUT2D eigenvalue weighted by Crippen LogP contribution is 2.42. The zero-order chi connectivity index (χ0) is 13.3. The Morgan fingerprint density at radius 2 is 2.06 bits per heavy atom. The highest BCUT2D eigenvalue weighted by molar-refractivity contribution is 5.69. The minimum atomic E-state index is -0.527. The lowest BCUT2D eigenvalue weighted by Crippen LogP contribution is -2.42. The number of hydrogen-bond acceptors (Lipinski definition) is 4. The summed E-state index contributed by atoms with van der Waals surface area (Å²) in [6.45, 7) is 6.56. The van der Waals surface area contributed by atoms with Gasteiger partial charge in [-0.05, 0) is 39.5 Å². The van der Waals surface area contributed by atoms with Crippen molar-refractivity contribution in [1.82, 2.24) is 4.90 Å². The van der Waals surface area contributed by atoms with Gasteiger partial charge in [-0.15, -0.1) is 0 Å². The third-order valence-electron chi connectivity index (χ3n) is 3.65. The van der Waals surface area contributed by atoms with Gasteiger partial charge in [-0.3, -0.25) is 9.69 Å². The molecule has 0 unspecified atom stereocenters. The highest BCUT2D eigenvalue weighted by Gasteiger charge is 2.48. The Balaban J connectivity index is 2.07. The molecule has 1 amide bonds. The number of ether oxygens (including phenoxy) is 2. The molecule has 1 saturated carbocycles. The Bertz CT molecular complexity index is 336. The standard InChI is InChI=1S/C13H21NO4/c1-13(2,3)18-12(16)14-7-9-5-4-6-10(9)11(14)17-8-15/h8-11H,4-7H2,1-3H3/t9-,10-,11+/m1/s1. The minimum absolute atomic E-state index is 0.280. The van der Waals surface area contributed by atoms with Crippen LogP contribution in [0, 0.1) is 11.8 Å². The molecule has 1 saturated heterocycles. The van der Waals surface area contributed by atoms with E-state index in [4.69, 9.17) is 9.47 Å². The van der Waals surface area contributed by atoms with E-state index >= 15 is 0 Å². The molecule has 0 bridgehead atoms. The monoisotopic (exact) mass is 255 g/mol. The Morgan fingerprint density at radius 1 is 1.33 bits per heavy atom. The van der Waals surface area contributed by atoms with Crippen molar-refractivity contribution in [3.05, 3.63) is 0 Å². The van der Waals surface area contributed by atoms with E-state index in [9.17, 15) is 9.59 Å². The molecule has 2 aliphatic rings. The number of hydrogen-bond donors (Lipinski definition) is 0. The van der Waals surface area contributed by atoms with Gasteiger partial charge in [0.1, 0.15) is 5.60 Å². The molecule has 2 rings (SSSR count). The van der Waals surface area contributed by atoms with Crippen molar-refractivity contribution in [2.45, 2.75) is 51.9 Å². The van der Waals surface area contributed by atoms with Crippen molar-refractivity contribution in [2.24, 2.45) is 11.8 Å². The summed E-state index contributed by atoms with van der Waals surface area (Å²) in [5, 5.41) is 0. The first-order valence-electron chi connectivity index (χ1n) is 6.51. The SMILES string of the molecule is CC(C)(C)OC(=O)N1C[C@H]2CCC[C@H]2[C@@H]1OC=O. The third-order valence-corrected chi connectivity index (χ3v) is 3.65. The number of amides is 1. The van der Waals surface area contributed by atoms with Gasteiger partial charge < -0.3 is 9.47 Å². The maximum atomic E-state index is 12.1. The molecule has 3 atom stereocenters. The van der Waals surface area contributed by atoms with Crippen molar-refractivity contribution < 1.29 is 19.1 Å². The lowest BCUT2D eigenvalue weighted by Gasteiger charge is -2.29. The zero-order valence-corrected chi connectivity index (χ0v) is 11.2. The van der Waals surface area contributed by atoms with E-state index < -0.39 is 11.8 Å². The lowest BCUT2D eigenvalue weighted by atomic mass is 9.99. The van der Waals surface area contributed by atoms with Crippen LogP contribution in [-0.4, -0.2) is 35.8 Å². The van der Waals surface area contributed by atoms with Crippen molar-refractivity contribution in [2.75, 3.05) is 6.54 Å².